The molecule has 0 aliphatic rings. The van der Waals surface area contributed by atoms with Crippen molar-refractivity contribution in [3.63, 3.8) is 0 Å². The summed E-state index contributed by atoms with van der Waals surface area (Å²) in [7, 11) is -3.42. The van der Waals surface area contributed by atoms with E-state index in [1.54, 1.807) is 42.5 Å². The molecule has 2 rings (SSSR count). The summed E-state index contributed by atoms with van der Waals surface area (Å²) >= 11 is 5.96. The van der Waals surface area contributed by atoms with Gasteiger partial charge in [-0.2, -0.15) is 0 Å². The van der Waals surface area contributed by atoms with Gasteiger partial charge in [0.25, 0.3) is 5.91 Å². The Morgan fingerprint density at radius 1 is 1.04 bits per heavy atom. The first-order valence-corrected chi connectivity index (χ1v) is 9.87. The van der Waals surface area contributed by atoms with Gasteiger partial charge in [0.05, 0.1) is 22.5 Å². The van der Waals surface area contributed by atoms with E-state index in [1.807, 2.05) is 0 Å². The van der Waals surface area contributed by atoms with Crippen LogP contribution in [0.2, 0.25) is 5.02 Å². The second kappa shape index (κ2) is 8.20. The second-order valence-electron chi connectivity index (χ2n) is 5.62. The predicted octanol–water partition coefficient (Wildman–Crippen LogP) is 2.47. The van der Waals surface area contributed by atoms with Crippen molar-refractivity contribution >= 4 is 44.8 Å². The van der Waals surface area contributed by atoms with E-state index in [4.69, 9.17) is 11.6 Å². The zero-order valence-electron chi connectivity index (χ0n) is 14.1. The molecule has 7 nitrogen and oxygen atoms in total. The summed E-state index contributed by atoms with van der Waals surface area (Å²) in [4.78, 5) is 24.5. The predicted molar refractivity (Wildman–Crippen MR) is 102 cm³/mol. The number of hydrogen-bond donors (Lipinski definition) is 3. The average molecular weight is 396 g/mol. The summed E-state index contributed by atoms with van der Waals surface area (Å²) in [6, 6.07) is 11.9. The number of halogens is 1. The van der Waals surface area contributed by atoms with Gasteiger partial charge in [-0.15, -0.1) is 0 Å². The third kappa shape index (κ3) is 5.75. The third-order valence-electron chi connectivity index (χ3n) is 3.29. The molecule has 0 spiro atoms. The summed E-state index contributed by atoms with van der Waals surface area (Å²) < 4.78 is 24.9. The van der Waals surface area contributed by atoms with E-state index in [0.717, 1.165) is 6.26 Å². The van der Waals surface area contributed by atoms with Gasteiger partial charge >= 0.3 is 0 Å². The van der Waals surface area contributed by atoms with Crippen LogP contribution in [0.5, 0.6) is 0 Å². The van der Waals surface area contributed by atoms with E-state index < -0.39 is 27.9 Å². The van der Waals surface area contributed by atoms with E-state index >= 15 is 0 Å². The number of sulfonamides is 1. The topological polar surface area (TPSA) is 104 Å². The normalized spacial score (nSPS) is 12.1. The molecule has 0 saturated carbocycles. The molecule has 2 aromatic carbocycles. The zero-order chi connectivity index (χ0) is 19.3. The second-order valence-corrected chi connectivity index (χ2v) is 7.77. The molecule has 0 saturated heterocycles. The van der Waals surface area contributed by atoms with Crippen LogP contribution in [0.1, 0.15) is 17.3 Å². The van der Waals surface area contributed by atoms with E-state index in [0.29, 0.717) is 11.4 Å². The molecule has 1 unspecified atom stereocenters. The number of amides is 2. The van der Waals surface area contributed by atoms with E-state index in [2.05, 4.69) is 15.4 Å². The number of anilines is 2. The van der Waals surface area contributed by atoms with Crippen molar-refractivity contribution in [2.45, 2.75) is 13.0 Å². The van der Waals surface area contributed by atoms with Crippen LogP contribution in [0.3, 0.4) is 0 Å². The minimum absolute atomic E-state index is 0.271. The SMILES string of the molecule is CC(NC(=O)c1ccccc1Cl)C(=O)Nc1cccc(NS(C)(=O)=O)c1. The van der Waals surface area contributed by atoms with Crippen LogP contribution in [-0.2, 0) is 14.8 Å². The lowest BCUT2D eigenvalue weighted by Crippen LogP contribution is -2.41. The van der Waals surface area contributed by atoms with Crippen molar-refractivity contribution in [3.8, 4) is 0 Å². The lowest BCUT2D eigenvalue weighted by molar-refractivity contribution is -0.117. The average Bonchev–Trinajstić information content (AvgIpc) is 2.53. The quantitative estimate of drug-likeness (QED) is 0.698. The van der Waals surface area contributed by atoms with Crippen LogP contribution in [0.4, 0.5) is 11.4 Å². The number of benzene rings is 2. The number of carbonyl (C=O) groups is 2. The van der Waals surface area contributed by atoms with Crippen LogP contribution in [0, 0.1) is 0 Å². The molecule has 0 fully saturated rings. The molecule has 1 atom stereocenters. The highest BCUT2D eigenvalue weighted by molar-refractivity contribution is 7.92. The van der Waals surface area contributed by atoms with E-state index in [1.165, 1.54) is 13.0 Å². The summed E-state index contributed by atoms with van der Waals surface area (Å²) in [6.07, 6.45) is 1.03. The molecular formula is C17H18ClN3O4S. The Bertz CT molecular complexity index is 931. The Labute approximate surface area is 156 Å². The van der Waals surface area contributed by atoms with Crippen molar-refractivity contribution < 1.29 is 18.0 Å². The summed E-state index contributed by atoms with van der Waals surface area (Å²) in [6.45, 7) is 1.53. The van der Waals surface area contributed by atoms with Crippen molar-refractivity contribution in [2.75, 3.05) is 16.3 Å². The maximum absolute atomic E-state index is 12.3. The Balaban J connectivity index is 2.02. The van der Waals surface area contributed by atoms with Crippen LogP contribution in [-0.4, -0.2) is 32.5 Å². The first-order valence-electron chi connectivity index (χ1n) is 7.60. The summed E-state index contributed by atoms with van der Waals surface area (Å²) in [5.74, 6) is -0.923. The molecule has 138 valence electrons. The van der Waals surface area contributed by atoms with Gasteiger partial charge in [0.1, 0.15) is 6.04 Å². The molecule has 2 amide bonds. The van der Waals surface area contributed by atoms with Crippen LogP contribution >= 0.6 is 11.6 Å². The fourth-order valence-electron chi connectivity index (χ4n) is 2.11. The molecule has 0 heterocycles. The standard InChI is InChI=1S/C17H18ClN3O4S/c1-11(19-17(23)14-8-3-4-9-15(14)18)16(22)20-12-6-5-7-13(10-12)21-26(2,24)25/h3-11,21H,1-2H3,(H,19,23)(H,20,22). The van der Waals surface area contributed by atoms with Crippen molar-refractivity contribution in [2.24, 2.45) is 0 Å². The Morgan fingerprint density at radius 3 is 2.35 bits per heavy atom. The molecule has 0 aliphatic carbocycles. The van der Waals surface area contributed by atoms with Crippen LogP contribution < -0.4 is 15.4 Å². The Hall–Kier alpha value is -2.58. The first-order chi connectivity index (χ1) is 12.2. The van der Waals surface area contributed by atoms with Crippen molar-refractivity contribution in [3.05, 3.63) is 59.1 Å². The number of carbonyl (C=O) groups excluding carboxylic acids is 2. The van der Waals surface area contributed by atoms with Gasteiger partial charge in [-0.05, 0) is 37.3 Å². The summed E-state index contributed by atoms with van der Waals surface area (Å²) in [5.41, 5.74) is 0.980. The molecule has 0 bridgehead atoms. The van der Waals surface area contributed by atoms with Crippen LogP contribution in [0.15, 0.2) is 48.5 Å². The molecule has 9 heteroatoms. The highest BCUT2D eigenvalue weighted by Gasteiger charge is 2.18. The van der Waals surface area contributed by atoms with Gasteiger partial charge in [0.2, 0.25) is 15.9 Å². The number of nitrogens with one attached hydrogen (secondary N) is 3. The van der Waals surface area contributed by atoms with Gasteiger partial charge in [-0.1, -0.05) is 29.8 Å². The largest absolute Gasteiger partial charge is 0.340 e. The third-order valence-corrected chi connectivity index (χ3v) is 4.23. The Morgan fingerprint density at radius 2 is 1.69 bits per heavy atom. The monoisotopic (exact) mass is 395 g/mol. The first kappa shape index (κ1) is 19.7. The van der Waals surface area contributed by atoms with Crippen molar-refractivity contribution in [1.82, 2.24) is 5.32 Å². The molecule has 0 aliphatic heterocycles. The van der Waals surface area contributed by atoms with Gasteiger partial charge in [0, 0.05) is 5.69 Å². The van der Waals surface area contributed by atoms with Gasteiger partial charge in [-0.3, -0.25) is 14.3 Å². The fourth-order valence-corrected chi connectivity index (χ4v) is 2.89. The highest BCUT2D eigenvalue weighted by atomic mass is 35.5. The Kier molecular flexibility index (Phi) is 6.23. The lowest BCUT2D eigenvalue weighted by Gasteiger charge is -2.15. The molecule has 2 aromatic rings. The van der Waals surface area contributed by atoms with E-state index in [-0.39, 0.29) is 10.6 Å². The maximum atomic E-state index is 12.3. The highest BCUT2D eigenvalue weighted by Crippen LogP contribution is 2.17. The smallest absolute Gasteiger partial charge is 0.253 e. The van der Waals surface area contributed by atoms with Gasteiger partial charge < -0.3 is 10.6 Å². The molecule has 0 radical (unpaired) electrons. The lowest BCUT2D eigenvalue weighted by atomic mass is 10.2. The number of rotatable bonds is 6. The molecule has 26 heavy (non-hydrogen) atoms. The summed E-state index contributed by atoms with van der Waals surface area (Å²) in [5, 5.41) is 5.47. The van der Waals surface area contributed by atoms with Gasteiger partial charge in [0.15, 0.2) is 0 Å². The number of hydrogen-bond acceptors (Lipinski definition) is 4. The molecule has 3 N–H and O–H groups in total. The van der Waals surface area contributed by atoms with Crippen LogP contribution in [0.25, 0.3) is 0 Å². The van der Waals surface area contributed by atoms with E-state index in [9.17, 15) is 18.0 Å². The molecular weight excluding hydrogens is 378 g/mol. The van der Waals surface area contributed by atoms with Gasteiger partial charge in [-0.25, -0.2) is 8.42 Å². The van der Waals surface area contributed by atoms with Crippen molar-refractivity contribution in [1.29, 1.82) is 0 Å². The maximum Gasteiger partial charge on any atom is 0.253 e. The molecule has 0 aromatic heterocycles. The minimum atomic E-state index is -3.42. The zero-order valence-corrected chi connectivity index (χ0v) is 15.7. The fraction of sp³-hybridized carbons (Fsp3) is 0.176. The minimum Gasteiger partial charge on any atom is -0.340 e.